The van der Waals surface area contributed by atoms with E-state index in [0.29, 0.717) is 12.3 Å². The Bertz CT molecular complexity index is 501. The van der Waals surface area contributed by atoms with Crippen molar-refractivity contribution >= 4 is 0 Å². The van der Waals surface area contributed by atoms with E-state index in [-0.39, 0.29) is 5.41 Å². The summed E-state index contributed by atoms with van der Waals surface area (Å²) in [5.74, 6) is 0.510. The van der Waals surface area contributed by atoms with Crippen molar-refractivity contribution in [2.24, 2.45) is 5.73 Å². The molecule has 0 heterocycles. The minimum Gasteiger partial charge on any atom is -0.508 e. The third-order valence-electron chi connectivity index (χ3n) is 5.59. The van der Waals surface area contributed by atoms with Gasteiger partial charge >= 0.3 is 0 Å². The predicted molar refractivity (Wildman–Crippen MR) is 83.3 cm³/mol. The molecule has 0 amide bonds. The van der Waals surface area contributed by atoms with Crippen molar-refractivity contribution in [2.45, 2.75) is 70.1 Å². The van der Waals surface area contributed by atoms with Crippen LogP contribution in [0, 0.1) is 6.92 Å². The van der Waals surface area contributed by atoms with Crippen LogP contribution in [0.3, 0.4) is 0 Å². The van der Waals surface area contributed by atoms with Crippen LogP contribution in [0.1, 0.15) is 67.2 Å². The highest BCUT2D eigenvalue weighted by Crippen LogP contribution is 2.46. The fourth-order valence-electron chi connectivity index (χ4n) is 4.51. The van der Waals surface area contributed by atoms with E-state index in [0.717, 1.165) is 19.3 Å². The minimum absolute atomic E-state index is 0.0391. The van der Waals surface area contributed by atoms with E-state index in [1.165, 1.54) is 60.8 Å². The summed E-state index contributed by atoms with van der Waals surface area (Å²) in [6.07, 6.45) is 10.9. The number of nitrogens with two attached hydrogens (primary N) is 1. The van der Waals surface area contributed by atoms with Crippen LogP contribution < -0.4 is 5.73 Å². The van der Waals surface area contributed by atoms with Crippen LogP contribution in [0.25, 0.3) is 0 Å². The summed E-state index contributed by atoms with van der Waals surface area (Å²) in [6.45, 7) is 2.82. The van der Waals surface area contributed by atoms with Crippen LogP contribution >= 0.6 is 0 Å². The van der Waals surface area contributed by atoms with Crippen LogP contribution in [0.2, 0.25) is 0 Å². The van der Waals surface area contributed by atoms with Gasteiger partial charge in [0.05, 0.1) is 0 Å². The van der Waals surface area contributed by atoms with Gasteiger partial charge in [0.15, 0.2) is 0 Å². The molecule has 0 saturated heterocycles. The molecule has 0 spiro atoms. The highest BCUT2D eigenvalue weighted by molar-refractivity contribution is 5.53. The average molecular weight is 273 g/mol. The van der Waals surface area contributed by atoms with Gasteiger partial charge in [0, 0.05) is 17.5 Å². The molecule has 3 N–H and O–H groups in total. The maximum Gasteiger partial charge on any atom is 0.119 e. The zero-order valence-corrected chi connectivity index (χ0v) is 12.7. The SMILES string of the molecule is Cc1cc(O)c(C2(CN)CCCCC2)c2c1CCCC2. The number of hydrogen-bond acceptors (Lipinski definition) is 2. The smallest absolute Gasteiger partial charge is 0.119 e. The van der Waals surface area contributed by atoms with Gasteiger partial charge in [-0.2, -0.15) is 0 Å². The normalized spacial score (nSPS) is 21.5. The Morgan fingerprint density at radius 2 is 1.70 bits per heavy atom. The minimum atomic E-state index is 0.0391. The van der Waals surface area contributed by atoms with Crippen molar-refractivity contribution in [1.29, 1.82) is 0 Å². The molecule has 0 aliphatic heterocycles. The zero-order chi connectivity index (χ0) is 14.2. The number of fused-ring (bicyclic) bond motifs is 1. The molecule has 0 unspecified atom stereocenters. The third-order valence-corrected chi connectivity index (χ3v) is 5.59. The van der Waals surface area contributed by atoms with Crippen molar-refractivity contribution in [2.75, 3.05) is 6.54 Å². The summed E-state index contributed by atoms with van der Waals surface area (Å²) in [4.78, 5) is 0. The lowest BCUT2D eigenvalue weighted by Gasteiger charge is -2.40. The van der Waals surface area contributed by atoms with Gasteiger partial charge in [0.2, 0.25) is 0 Å². The predicted octanol–water partition coefficient (Wildman–Crippen LogP) is 3.74. The van der Waals surface area contributed by atoms with Crippen molar-refractivity contribution in [1.82, 2.24) is 0 Å². The van der Waals surface area contributed by atoms with Gasteiger partial charge in [-0.15, -0.1) is 0 Å². The molecule has 2 aliphatic rings. The molecule has 2 nitrogen and oxygen atoms in total. The van der Waals surface area contributed by atoms with E-state index < -0.39 is 0 Å². The van der Waals surface area contributed by atoms with E-state index in [1.807, 2.05) is 6.07 Å². The molecule has 110 valence electrons. The molecule has 0 aromatic heterocycles. The molecule has 1 aromatic rings. The van der Waals surface area contributed by atoms with Crippen LogP contribution in [0.15, 0.2) is 6.07 Å². The van der Waals surface area contributed by atoms with Gasteiger partial charge in [-0.25, -0.2) is 0 Å². The van der Waals surface area contributed by atoms with E-state index in [1.54, 1.807) is 0 Å². The maximum absolute atomic E-state index is 10.6. The lowest BCUT2D eigenvalue weighted by Crippen LogP contribution is -2.38. The number of hydrogen-bond donors (Lipinski definition) is 2. The molecule has 0 bridgehead atoms. The van der Waals surface area contributed by atoms with Crippen molar-refractivity contribution in [3.8, 4) is 5.75 Å². The fourth-order valence-corrected chi connectivity index (χ4v) is 4.51. The summed E-state index contributed by atoms with van der Waals surface area (Å²) in [6, 6.07) is 1.99. The van der Waals surface area contributed by atoms with Crippen LogP contribution in [-0.4, -0.2) is 11.7 Å². The highest BCUT2D eigenvalue weighted by atomic mass is 16.3. The number of phenolic OH excluding ortho intramolecular Hbond substituents is 1. The van der Waals surface area contributed by atoms with Crippen molar-refractivity contribution in [3.05, 3.63) is 28.3 Å². The van der Waals surface area contributed by atoms with Crippen molar-refractivity contribution in [3.63, 3.8) is 0 Å². The van der Waals surface area contributed by atoms with Gasteiger partial charge in [-0.3, -0.25) is 0 Å². The van der Waals surface area contributed by atoms with E-state index in [9.17, 15) is 5.11 Å². The van der Waals surface area contributed by atoms with Crippen molar-refractivity contribution < 1.29 is 5.11 Å². The van der Waals surface area contributed by atoms with Gasteiger partial charge in [0.1, 0.15) is 5.75 Å². The first kappa shape index (κ1) is 13.9. The summed E-state index contributed by atoms with van der Waals surface area (Å²) in [5, 5.41) is 10.6. The number of benzene rings is 1. The number of aryl methyl sites for hydroxylation is 1. The second kappa shape index (κ2) is 5.40. The number of rotatable bonds is 2. The van der Waals surface area contributed by atoms with E-state index in [2.05, 4.69) is 6.92 Å². The van der Waals surface area contributed by atoms with Gasteiger partial charge in [-0.1, -0.05) is 19.3 Å². The molecule has 2 heteroatoms. The van der Waals surface area contributed by atoms with Gasteiger partial charge in [-0.05, 0) is 68.2 Å². The van der Waals surface area contributed by atoms with E-state index in [4.69, 9.17) is 5.73 Å². The molecule has 1 aromatic carbocycles. The highest BCUT2D eigenvalue weighted by Gasteiger charge is 2.37. The largest absolute Gasteiger partial charge is 0.508 e. The lowest BCUT2D eigenvalue weighted by molar-refractivity contribution is 0.287. The van der Waals surface area contributed by atoms with E-state index >= 15 is 0 Å². The molecule has 0 radical (unpaired) electrons. The van der Waals surface area contributed by atoms with Crippen LogP contribution in [0.5, 0.6) is 5.75 Å². The Labute approximate surface area is 122 Å². The monoisotopic (exact) mass is 273 g/mol. The quantitative estimate of drug-likeness (QED) is 0.862. The third kappa shape index (κ3) is 2.14. The Balaban J connectivity index is 2.16. The first-order valence-corrected chi connectivity index (χ1v) is 8.23. The molecule has 0 atom stereocenters. The Kier molecular flexibility index (Phi) is 3.76. The molecule has 20 heavy (non-hydrogen) atoms. The summed E-state index contributed by atoms with van der Waals surface area (Å²) >= 11 is 0. The first-order chi connectivity index (χ1) is 9.68. The van der Waals surface area contributed by atoms with Gasteiger partial charge in [0.25, 0.3) is 0 Å². The maximum atomic E-state index is 10.6. The topological polar surface area (TPSA) is 46.2 Å². The first-order valence-electron chi connectivity index (χ1n) is 8.23. The zero-order valence-electron chi connectivity index (χ0n) is 12.7. The average Bonchev–Trinajstić information content (AvgIpc) is 2.48. The lowest BCUT2D eigenvalue weighted by atomic mass is 9.65. The standard InChI is InChI=1S/C18H27NO/c1-13-11-16(20)17(15-8-4-3-7-14(13)15)18(12-19)9-5-2-6-10-18/h11,20H,2-10,12,19H2,1H3. The second-order valence-electron chi connectivity index (χ2n) is 6.80. The number of aromatic hydroxyl groups is 1. The number of phenols is 1. The Hall–Kier alpha value is -1.02. The molecule has 1 fully saturated rings. The van der Waals surface area contributed by atoms with Gasteiger partial charge < -0.3 is 10.8 Å². The Morgan fingerprint density at radius 3 is 2.35 bits per heavy atom. The Morgan fingerprint density at radius 1 is 1.05 bits per heavy atom. The second-order valence-corrected chi connectivity index (χ2v) is 6.80. The molecule has 2 aliphatic carbocycles. The summed E-state index contributed by atoms with van der Waals surface area (Å²) in [5.41, 5.74) is 11.7. The fraction of sp³-hybridized carbons (Fsp3) is 0.667. The molecular weight excluding hydrogens is 246 g/mol. The molecule has 1 saturated carbocycles. The molecule has 3 rings (SSSR count). The summed E-state index contributed by atoms with van der Waals surface area (Å²) in [7, 11) is 0. The van der Waals surface area contributed by atoms with Crippen LogP contribution in [0.4, 0.5) is 0 Å². The molecular formula is C18H27NO. The summed E-state index contributed by atoms with van der Waals surface area (Å²) < 4.78 is 0. The van der Waals surface area contributed by atoms with Crippen LogP contribution in [-0.2, 0) is 18.3 Å².